The number of carbonyl (C=O) groups excluding carboxylic acids is 1. The van der Waals surface area contributed by atoms with Crippen molar-refractivity contribution in [3.8, 4) is 0 Å². The Balaban J connectivity index is 1.52. The standard InChI is InChI=1S/C22H28N4O/c1-18(2)24-22(27)20-10-11-23-21(17-20)26-15-13-25(14-16-26)12-6-9-19-7-4-3-5-8-19/h3-11,17-18H,12-16H2,1-2H3,(H,24,27)/b9-6+. The lowest BCUT2D eigenvalue weighted by Crippen LogP contribution is -2.46. The lowest BCUT2D eigenvalue weighted by Gasteiger charge is -2.35. The van der Waals surface area contributed by atoms with E-state index in [2.05, 4.69) is 56.5 Å². The molecule has 1 saturated heterocycles. The number of nitrogens with one attached hydrogen (secondary N) is 1. The van der Waals surface area contributed by atoms with Gasteiger partial charge in [0.05, 0.1) is 0 Å². The minimum absolute atomic E-state index is 0.0432. The first-order valence-electron chi connectivity index (χ1n) is 9.57. The van der Waals surface area contributed by atoms with Gasteiger partial charge in [0.2, 0.25) is 0 Å². The Bertz CT molecular complexity index is 765. The van der Waals surface area contributed by atoms with E-state index in [1.54, 1.807) is 12.3 Å². The summed E-state index contributed by atoms with van der Waals surface area (Å²) >= 11 is 0. The van der Waals surface area contributed by atoms with Gasteiger partial charge in [-0.3, -0.25) is 9.69 Å². The topological polar surface area (TPSA) is 48.5 Å². The van der Waals surface area contributed by atoms with Gasteiger partial charge in [-0.2, -0.15) is 0 Å². The highest BCUT2D eigenvalue weighted by molar-refractivity contribution is 5.94. The summed E-state index contributed by atoms with van der Waals surface area (Å²) in [6, 6.07) is 14.2. The maximum Gasteiger partial charge on any atom is 0.251 e. The van der Waals surface area contributed by atoms with Crippen LogP contribution in [0.1, 0.15) is 29.8 Å². The molecule has 2 heterocycles. The van der Waals surface area contributed by atoms with Crippen molar-refractivity contribution in [3.63, 3.8) is 0 Å². The van der Waals surface area contributed by atoms with Crippen LogP contribution in [0.4, 0.5) is 5.82 Å². The molecule has 1 aromatic heterocycles. The van der Waals surface area contributed by atoms with Crippen LogP contribution in [0.5, 0.6) is 0 Å². The maximum atomic E-state index is 12.2. The summed E-state index contributed by atoms with van der Waals surface area (Å²) in [7, 11) is 0. The van der Waals surface area contributed by atoms with Crippen LogP contribution in [0.25, 0.3) is 6.08 Å². The second-order valence-electron chi connectivity index (χ2n) is 7.13. The molecule has 0 spiro atoms. The third-order valence-electron chi connectivity index (χ3n) is 4.60. The number of hydrogen-bond donors (Lipinski definition) is 1. The largest absolute Gasteiger partial charge is 0.354 e. The predicted molar refractivity (Wildman–Crippen MR) is 111 cm³/mol. The normalized spacial score (nSPS) is 15.4. The van der Waals surface area contributed by atoms with Gasteiger partial charge in [-0.25, -0.2) is 4.98 Å². The molecule has 0 aliphatic carbocycles. The molecule has 1 aliphatic heterocycles. The van der Waals surface area contributed by atoms with E-state index in [9.17, 15) is 4.79 Å². The highest BCUT2D eigenvalue weighted by Crippen LogP contribution is 2.15. The van der Waals surface area contributed by atoms with E-state index in [4.69, 9.17) is 0 Å². The number of piperazine rings is 1. The van der Waals surface area contributed by atoms with Crippen molar-refractivity contribution < 1.29 is 4.79 Å². The zero-order chi connectivity index (χ0) is 19.1. The second kappa shape index (κ2) is 9.33. The molecule has 0 radical (unpaired) electrons. The quantitative estimate of drug-likeness (QED) is 0.856. The van der Waals surface area contributed by atoms with Gasteiger partial charge in [-0.1, -0.05) is 42.5 Å². The molecular formula is C22H28N4O. The molecule has 0 saturated carbocycles. The molecule has 5 heteroatoms. The Morgan fingerprint density at radius 3 is 2.59 bits per heavy atom. The molecule has 3 rings (SSSR count). The van der Waals surface area contributed by atoms with Crippen molar-refractivity contribution in [1.82, 2.24) is 15.2 Å². The molecule has 2 aromatic rings. The first kappa shape index (κ1) is 19.1. The Hall–Kier alpha value is -2.66. The Morgan fingerprint density at radius 1 is 1.15 bits per heavy atom. The van der Waals surface area contributed by atoms with Crippen molar-refractivity contribution in [3.05, 3.63) is 65.9 Å². The average Bonchev–Trinajstić information content (AvgIpc) is 2.69. The van der Waals surface area contributed by atoms with Crippen molar-refractivity contribution in [1.29, 1.82) is 0 Å². The number of benzene rings is 1. The van der Waals surface area contributed by atoms with Crippen LogP contribution >= 0.6 is 0 Å². The molecule has 0 bridgehead atoms. The van der Waals surface area contributed by atoms with Crippen molar-refractivity contribution >= 4 is 17.8 Å². The van der Waals surface area contributed by atoms with E-state index in [1.807, 2.05) is 26.0 Å². The monoisotopic (exact) mass is 364 g/mol. The number of pyridine rings is 1. The maximum absolute atomic E-state index is 12.2. The lowest BCUT2D eigenvalue weighted by atomic mass is 10.2. The van der Waals surface area contributed by atoms with Gasteiger partial charge in [0.15, 0.2) is 0 Å². The van der Waals surface area contributed by atoms with Gasteiger partial charge in [0.25, 0.3) is 5.91 Å². The first-order valence-corrected chi connectivity index (χ1v) is 9.57. The van der Waals surface area contributed by atoms with Gasteiger partial charge >= 0.3 is 0 Å². The molecule has 27 heavy (non-hydrogen) atoms. The third kappa shape index (κ3) is 5.66. The molecule has 0 atom stereocenters. The number of rotatable bonds is 6. The molecule has 142 valence electrons. The molecule has 1 aliphatic rings. The SMILES string of the molecule is CC(C)NC(=O)c1ccnc(N2CCN(C/C=C/c3ccccc3)CC2)c1. The summed E-state index contributed by atoms with van der Waals surface area (Å²) in [5.41, 5.74) is 1.90. The highest BCUT2D eigenvalue weighted by atomic mass is 16.1. The van der Waals surface area contributed by atoms with Crippen LogP contribution in [0.3, 0.4) is 0 Å². The predicted octanol–water partition coefficient (Wildman–Crippen LogP) is 3.06. The van der Waals surface area contributed by atoms with Crippen molar-refractivity contribution in [2.45, 2.75) is 19.9 Å². The fourth-order valence-electron chi connectivity index (χ4n) is 3.14. The van der Waals surface area contributed by atoms with Crippen LogP contribution in [0.15, 0.2) is 54.7 Å². The first-order chi connectivity index (χ1) is 13.1. The molecule has 1 fully saturated rings. The Kier molecular flexibility index (Phi) is 6.60. The number of nitrogens with zero attached hydrogens (tertiary/aromatic N) is 3. The molecule has 1 N–H and O–H groups in total. The number of carbonyl (C=O) groups is 1. The zero-order valence-electron chi connectivity index (χ0n) is 16.1. The minimum atomic E-state index is -0.0432. The number of anilines is 1. The van der Waals surface area contributed by atoms with E-state index >= 15 is 0 Å². The summed E-state index contributed by atoms with van der Waals surface area (Å²) in [4.78, 5) is 21.4. The summed E-state index contributed by atoms with van der Waals surface area (Å²) in [6.07, 6.45) is 6.12. The lowest BCUT2D eigenvalue weighted by molar-refractivity contribution is 0.0943. The minimum Gasteiger partial charge on any atom is -0.354 e. The van der Waals surface area contributed by atoms with E-state index in [0.717, 1.165) is 38.5 Å². The Labute approximate surface area is 161 Å². The smallest absolute Gasteiger partial charge is 0.251 e. The fraction of sp³-hybridized carbons (Fsp3) is 0.364. The Morgan fingerprint density at radius 2 is 1.89 bits per heavy atom. The van der Waals surface area contributed by atoms with Crippen LogP contribution < -0.4 is 10.2 Å². The third-order valence-corrected chi connectivity index (χ3v) is 4.60. The van der Waals surface area contributed by atoms with Crippen molar-refractivity contribution in [2.75, 3.05) is 37.6 Å². The fourth-order valence-corrected chi connectivity index (χ4v) is 3.14. The number of amides is 1. The molecule has 1 aromatic carbocycles. The summed E-state index contributed by atoms with van der Waals surface area (Å²) < 4.78 is 0. The van der Waals surface area contributed by atoms with Gasteiger partial charge < -0.3 is 10.2 Å². The van der Waals surface area contributed by atoms with Gasteiger partial charge in [0, 0.05) is 50.5 Å². The molecule has 1 amide bonds. The summed E-state index contributed by atoms with van der Waals surface area (Å²) in [5, 5.41) is 2.93. The van der Waals surface area contributed by atoms with Gasteiger partial charge in [-0.05, 0) is 31.5 Å². The van der Waals surface area contributed by atoms with Gasteiger partial charge in [-0.15, -0.1) is 0 Å². The molecule has 5 nitrogen and oxygen atoms in total. The van der Waals surface area contributed by atoms with Crippen LogP contribution in [0.2, 0.25) is 0 Å². The van der Waals surface area contributed by atoms with Gasteiger partial charge in [0.1, 0.15) is 5.82 Å². The van der Waals surface area contributed by atoms with E-state index in [0.29, 0.717) is 5.56 Å². The van der Waals surface area contributed by atoms with Crippen molar-refractivity contribution in [2.24, 2.45) is 0 Å². The average molecular weight is 364 g/mol. The van der Waals surface area contributed by atoms with E-state index < -0.39 is 0 Å². The summed E-state index contributed by atoms with van der Waals surface area (Å²) in [6.45, 7) is 8.69. The summed E-state index contributed by atoms with van der Waals surface area (Å²) in [5.74, 6) is 0.837. The zero-order valence-corrected chi connectivity index (χ0v) is 16.1. The molecular weight excluding hydrogens is 336 g/mol. The van der Waals surface area contributed by atoms with E-state index in [1.165, 1.54) is 5.56 Å². The van der Waals surface area contributed by atoms with Crippen LogP contribution in [-0.2, 0) is 0 Å². The molecule has 0 unspecified atom stereocenters. The van der Waals surface area contributed by atoms with E-state index in [-0.39, 0.29) is 11.9 Å². The highest BCUT2D eigenvalue weighted by Gasteiger charge is 2.18. The second-order valence-corrected chi connectivity index (χ2v) is 7.13. The number of aromatic nitrogens is 1. The number of hydrogen-bond acceptors (Lipinski definition) is 4. The van der Waals surface area contributed by atoms with Crippen LogP contribution in [-0.4, -0.2) is 54.6 Å². The van der Waals surface area contributed by atoms with Crippen LogP contribution in [0, 0.1) is 0 Å².